The molecule has 5 heteroatoms. The summed E-state index contributed by atoms with van der Waals surface area (Å²) in [5, 5.41) is 3.37. The summed E-state index contributed by atoms with van der Waals surface area (Å²) >= 11 is 1.69. The molecule has 25 heavy (non-hydrogen) atoms. The summed E-state index contributed by atoms with van der Waals surface area (Å²) in [4.78, 5) is 12.9. The van der Waals surface area contributed by atoms with Crippen molar-refractivity contribution in [2.45, 2.75) is 36.1 Å². The molecular formula is C20H24N2O2S. The summed E-state index contributed by atoms with van der Waals surface area (Å²) in [5.74, 6) is -0.244. The fourth-order valence-electron chi connectivity index (χ4n) is 3.09. The van der Waals surface area contributed by atoms with E-state index in [4.69, 9.17) is 10.5 Å². The van der Waals surface area contributed by atoms with E-state index in [0.717, 1.165) is 11.1 Å². The number of nitrogens with one attached hydrogen (secondary N) is 1. The van der Waals surface area contributed by atoms with Gasteiger partial charge in [0.1, 0.15) is 6.04 Å². The Morgan fingerprint density at radius 3 is 2.08 bits per heavy atom. The predicted molar refractivity (Wildman–Crippen MR) is 102 cm³/mol. The quantitative estimate of drug-likeness (QED) is 0.806. The Morgan fingerprint density at radius 1 is 1.12 bits per heavy atom. The molecule has 132 valence electrons. The van der Waals surface area contributed by atoms with Gasteiger partial charge >= 0.3 is 5.97 Å². The van der Waals surface area contributed by atoms with Gasteiger partial charge in [0.25, 0.3) is 0 Å². The molecule has 3 rings (SSSR count). The van der Waals surface area contributed by atoms with E-state index in [1.165, 1.54) is 0 Å². The Balaban J connectivity index is 1.85. The van der Waals surface area contributed by atoms with Crippen LogP contribution in [0.3, 0.4) is 0 Å². The van der Waals surface area contributed by atoms with Gasteiger partial charge in [-0.1, -0.05) is 60.7 Å². The first-order chi connectivity index (χ1) is 12.0. The van der Waals surface area contributed by atoms with Crippen LogP contribution in [-0.4, -0.2) is 28.7 Å². The average Bonchev–Trinajstić information content (AvgIpc) is 2.95. The lowest BCUT2D eigenvalue weighted by molar-refractivity contribution is -0.150. The number of rotatable bonds is 5. The van der Waals surface area contributed by atoms with Gasteiger partial charge in [-0.3, -0.25) is 10.1 Å². The second kappa shape index (κ2) is 7.60. The van der Waals surface area contributed by atoms with Crippen LogP contribution in [0.25, 0.3) is 0 Å². The number of hydrogen-bond donors (Lipinski definition) is 2. The van der Waals surface area contributed by atoms with Gasteiger partial charge in [0.2, 0.25) is 0 Å². The Kier molecular flexibility index (Phi) is 5.47. The monoisotopic (exact) mass is 356 g/mol. The van der Waals surface area contributed by atoms with Gasteiger partial charge in [-0.25, -0.2) is 0 Å². The van der Waals surface area contributed by atoms with E-state index >= 15 is 0 Å². The van der Waals surface area contributed by atoms with Crippen molar-refractivity contribution in [1.82, 2.24) is 5.32 Å². The Labute approximate surface area is 153 Å². The highest BCUT2D eigenvalue weighted by Crippen LogP contribution is 2.39. The van der Waals surface area contributed by atoms with E-state index in [1.807, 2.05) is 74.5 Å². The molecule has 1 aliphatic rings. The number of nitrogens with two attached hydrogens (primary N) is 1. The van der Waals surface area contributed by atoms with Crippen LogP contribution in [0, 0.1) is 0 Å². The van der Waals surface area contributed by atoms with Crippen LogP contribution in [-0.2, 0) is 9.53 Å². The van der Waals surface area contributed by atoms with Crippen LogP contribution >= 0.6 is 11.8 Å². The molecule has 1 saturated heterocycles. The third-order valence-corrected chi connectivity index (χ3v) is 5.84. The number of carbonyl (C=O) groups excluding carboxylic acids is 1. The molecule has 0 spiro atoms. The third-order valence-electron chi connectivity index (χ3n) is 4.38. The number of hydrogen-bond acceptors (Lipinski definition) is 5. The zero-order valence-corrected chi connectivity index (χ0v) is 15.3. The Hall–Kier alpha value is -1.82. The molecule has 1 aliphatic heterocycles. The van der Waals surface area contributed by atoms with E-state index < -0.39 is 6.10 Å². The van der Waals surface area contributed by atoms with Gasteiger partial charge in [-0.05, 0) is 25.0 Å². The maximum atomic E-state index is 12.9. The van der Waals surface area contributed by atoms with Crippen molar-refractivity contribution in [3.05, 3.63) is 71.8 Å². The van der Waals surface area contributed by atoms with Gasteiger partial charge in [-0.15, -0.1) is 11.8 Å². The molecule has 3 N–H and O–H groups in total. The summed E-state index contributed by atoms with van der Waals surface area (Å²) in [6.45, 7) is 4.58. The van der Waals surface area contributed by atoms with E-state index in [9.17, 15) is 4.79 Å². The zero-order chi connectivity index (χ0) is 17.9. The predicted octanol–water partition coefficient (Wildman–Crippen LogP) is 3.09. The molecule has 1 heterocycles. The van der Waals surface area contributed by atoms with Crippen molar-refractivity contribution in [3.8, 4) is 0 Å². The summed E-state index contributed by atoms with van der Waals surface area (Å²) < 4.78 is 5.71. The molecular weight excluding hydrogens is 332 g/mol. The fourth-order valence-corrected chi connectivity index (χ4v) is 4.43. The highest BCUT2D eigenvalue weighted by Gasteiger charge is 2.46. The third kappa shape index (κ3) is 4.06. The second-order valence-corrected chi connectivity index (χ2v) is 8.54. The summed E-state index contributed by atoms with van der Waals surface area (Å²) in [7, 11) is 0. The molecule has 0 unspecified atom stereocenters. The molecule has 2 atom stereocenters. The van der Waals surface area contributed by atoms with Crippen LogP contribution < -0.4 is 11.1 Å². The summed E-state index contributed by atoms with van der Waals surface area (Å²) in [5.41, 5.74) is 7.68. The van der Waals surface area contributed by atoms with Gasteiger partial charge in [0.05, 0.1) is 5.37 Å². The highest BCUT2D eigenvalue weighted by atomic mass is 32.2. The minimum atomic E-state index is -0.422. The largest absolute Gasteiger partial charge is 0.451 e. The first kappa shape index (κ1) is 18.0. The lowest BCUT2D eigenvalue weighted by Crippen LogP contribution is -2.47. The number of esters is 1. The topological polar surface area (TPSA) is 64.3 Å². The van der Waals surface area contributed by atoms with Crippen LogP contribution in [0.1, 0.15) is 31.1 Å². The first-order valence-electron chi connectivity index (χ1n) is 8.45. The van der Waals surface area contributed by atoms with Crippen LogP contribution in [0.2, 0.25) is 0 Å². The van der Waals surface area contributed by atoms with Crippen molar-refractivity contribution < 1.29 is 9.53 Å². The van der Waals surface area contributed by atoms with E-state index in [-0.39, 0.29) is 22.1 Å². The summed E-state index contributed by atoms with van der Waals surface area (Å²) in [6.07, 6.45) is -0.422. The lowest BCUT2D eigenvalue weighted by Gasteiger charge is -2.26. The van der Waals surface area contributed by atoms with Crippen LogP contribution in [0.4, 0.5) is 0 Å². The second-order valence-electron chi connectivity index (χ2n) is 6.68. The smallest absolute Gasteiger partial charge is 0.325 e. The van der Waals surface area contributed by atoms with Crippen molar-refractivity contribution >= 4 is 17.7 Å². The van der Waals surface area contributed by atoms with Gasteiger partial charge in [-0.2, -0.15) is 0 Å². The number of carbonyl (C=O) groups is 1. The van der Waals surface area contributed by atoms with E-state index in [2.05, 4.69) is 5.32 Å². The molecule has 0 aromatic heterocycles. The Morgan fingerprint density at radius 2 is 1.64 bits per heavy atom. The molecule has 0 amide bonds. The van der Waals surface area contributed by atoms with Crippen molar-refractivity contribution in [2.24, 2.45) is 5.73 Å². The number of benzene rings is 2. The van der Waals surface area contributed by atoms with Crippen molar-refractivity contribution in [3.63, 3.8) is 0 Å². The molecule has 4 nitrogen and oxygen atoms in total. The first-order valence-corrected chi connectivity index (χ1v) is 9.33. The van der Waals surface area contributed by atoms with Gasteiger partial charge < -0.3 is 10.5 Å². The SMILES string of the molecule is CC1(C)S[C@H](CN)N[C@@H]1C(=O)OC(c1ccccc1)c1ccccc1. The summed E-state index contributed by atoms with van der Waals surface area (Å²) in [6, 6.07) is 19.3. The number of thioether (sulfide) groups is 1. The maximum absolute atomic E-state index is 12.9. The van der Waals surface area contributed by atoms with E-state index in [1.54, 1.807) is 11.8 Å². The normalized spacial score (nSPS) is 22.1. The van der Waals surface area contributed by atoms with Crippen molar-refractivity contribution in [1.29, 1.82) is 0 Å². The lowest BCUT2D eigenvalue weighted by atomic mass is 10.00. The zero-order valence-electron chi connectivity index (χ0n) is 14.5. The number of ether oxygens (including phenoxy) is 1. The van der Waals surface area contributed by atoms with E-state index in [0.29, 0.717) is 6.54 Å². The van der Waals surface area contributed by atoms with Crippen LogP contribution in [0.15, 0.2) is 60.7 Å². The molecule has 1 fully saturated rings. The minimum absolute atomic E-state index is 0.0689. The molecule has 2 aromatic carbocycles. The molecule has 2 aromatic rings. The average molecular weight is 356 g/mol. The Bertz CT molecular complexity index is 667. The van der Waals surface area contributed by atoms with Gasteiger partial charge in [0.15, 0.2) is 6.10 Å². The van der Waals surface area contributed by atoms with Crippen molar-refractivity contribution in [2.75, 3.05) is 6.54 Å². The fraction of sp³-hybridized carbons (Fsp3) is 0.350. The molecule has 0 bridgehead atoms. The standard InChI is InChI=1S/C20H24N2O2S/c1-20(2)18(22-16(13-21)25-20)19(23)24-17(14-9-5-3-6-10-14)15-11-7-4-8-12-15/h3-12,16-18,22H,13,21H2,1-2H3/t16-,18-/m1/s1. The molecule has 0 aliphatic carbocycles. The highest BCUT2D eigenvalue weighted by molar-refractivity contribution is 8.01. The van der Waals surface area contributed by atoms with Gasteiger partial charge in [0, 0.05) is 11.3 Å². The maximum Gasteiger partial charge on any atom is 0.325 e. The molecule has 0 saturated carbocycles. The van der Waals surface area contributed by atoms with Crippen LogP contribution in [0.5, 0.6) is 0 Å². The molecule has 0 radical (unpaired) electrons. The minimum Gasteiger partial charge on any atom is -0.451 e.